The van der Waals surface area contributed by atoms with Crippen LogP contribution in [0.5, 0.6) is 0 Å². The second-order valence-corrected chi connectivity index (χ2v) is 9.67. The molecule has 1 aromatic heterocycles. The summed E-state index contributed by atoms with van der Waals surface area (Å²) in [6.07, 6.45) is 7.51. The summed E-state index contributed by atoms with van der Waals surface area (Å²) in [6.45, 7) is 1.74. The molecule has 2 rings (SSSR count). The van der Waals surface area contributed by atoms with Gasteiger partial charge in [-0.25, -0.2) is 4.79 Å². The number of methoxy groups -OCH3 is 1. The first-order chi connectivity index (χ1) is 13.8. The van der Waals surface area contributed by atoms with E-state index in [0.717, 1.165) is 30.6 Å². The Hall–Kier alpha value is -0.920. The van der Waals surface area contributed by atoms with E-state index < -0.39 is 12.2 Å². The highest BCUT2D eigenvalue weighted by Crippen LogP contribution is 2.40. The minimum absolute atomic E-state index is 0.0575. The van der Waals surface area contributed by atoms with Crippen molar-refractivity contribution >= 4 is 28.9 Å². The molecule has 1 aliphatic rings. The molecule has 1 saturated carbocycles. The lowest BCUT2D eigenvalue weighted by Crippen LogP contribution is -2.19. The van der Waals surface area contributed by atoms with Crippen molar-refractivity contribution in [2.45, 2.75) is 75.6 Å². The van der Waals surface area contributed by atoms with Crippen LogP contribution >= 0.6 is 22.9 Å². The van der Waals surface area contributed by atoms with Crippen LogP contribution in [-0.2, 0) is 11.2 Å². The molecule has 0 unspecified atom stereocenters. The fourth-order valence-corrected chi connectivity index (χ4v) is 5.39. The molecule has 29 heavy (non-hydrogen) atoms. The fraction of sp³-hybridized carbons (Fsp3) is 0.682. The van der Waals surface area contributed by atoms with Crippen molar-refractivity contribution in [2.75, 3.05) is 7.11 Å². The zero-order chi connectivity index (χ0) is 21.4. The summed E-state index contributed by atoms with van der Waals surface area (Å²) < 4.78 is 4.74. The van der Waals surface area contributed by atoms with E-state index in [1.807, 2.05) is 12.1 Å². The number of carbonyl (C=O) groups is 1. The van der Waals surface area contributed by atoms with Crippen LogP contribution in [0.3, 0.4) is 0 Å². The first kappa shape index (κ1) is 24.4. The highest BCUT2D eigenvalue weighted by molar-refractivity contribution is 7.13. The van der Waals surface area contributed by atoms with Crippen molar-refractivity contribution in [1.82, 2.24) is 0 Å². The number of hydrogen-bond donors (Lipinski definition) is 3. The molecule has 0 amide bonds. The maximum atomic E-state index is 11.6. The summed E-state index contributed by atoms with van der Waals surface area (Å²) in [5.74, 6) is -0.205. The largest absolute Gasteiger partial charge is 0.465 e. The molecule has 0 radical (unpaired) electrons. The van der Waals surface area contributed by atoms with Gasteiger partial charge in [-0.1, -0.05) is 12.2 Å². The quantitative estimate of drug-likeness (QED) is 0.273. The van der Waals surface area contributed by atoms with Crippen LogP contribution in [-0.4, -0.2) is 52.1 Å². The number of rotatable bonds is 11. The van der Waals surface area contributed by atoms with Gasteiger partial charge in [-0.05, 0) is 69.9 Å². The maximum Gasteiger partial charge on any atom is 0.348 e. The van der Waals surface area contributed by atoms with Gasteiger partial charge in [0.05, 0.1) is 25.4 Å². The van der Waals surface area contributed by atoms with Crippen LogP contribution in [0.1, 0.15) is 60.0 Å². The molecule has 1 aromatic rings. The second-order valence-electron chi connectivity index (χ2n) is 7.94. The molecule has 164 valence electrons. The van der Waals surface area contributed by atoms with Crippen LogP contribution in [0.4, 0.5) is 0 Å². The first-order valence-corrected chi connectivity index (χ1v) is 11.6. The fourth-order valence-electron chi connectivity index (χ4n) is 3.94. The van der Waals surface area contributed by atoms with Crippen LogP contribution in [0.2, 0.25) is 0 Å². The molecule has 0 aromatic carbocycles. The lowest BCUT2D eigenvalue weighted by Gasteiger charge is -2.21. The number of halogens is 1. The number of aliphatic hydroxyl groups is 3. The molecule has 0 bridgehead atoms. The van der Waals surface area contributed by atoms with Crippen molar-refractivity contribution in [1.29, 1.82) is 0 Å². The van der Waals surface area contributed by atoms with Crippen molar-refractivity contribution in [3.05, 3.63) is 34.0 Å². The van der Waals surface area contributed by atoms with E-state index in [-0.39, 0.29) is 29.3 Å². The van der Waals surface area contributed by atoms with Crippen LogP contribution in [0.15, 0.2) is 24.3 Å². The minimum Gasteiger partial charge on any atom is -0.465 e. The monoisotopic (exact) mass is 444 g/mol. The van der Waals surface area contributed by atoms with Crippen molar-refractivity contribution in [2.24, 2.45) is 11.8 Å². The Kier molecular flexibility index (Phi) is 10.1. The number of aryl methyl sites for hydroxylation is 1. The number of hydrogen-bond acceptors (Lipinski definition) is 6. The number of ether oxygens (including phenoxy) is 1. The third-order valence-corrected chi connectivity index (χ3v) is 7.18. The molecular weight excluding hydrogens is 412 g/mol. The molecule has 1 aliphatic carbocycles. The number of carbonyl (C=O) groups excluding carboxylic acids is 1. The van der Waals surface area contributed by atoms with E-state index in [1.165, 1.54) is 18.4 Å². The van der Waals surface area contributed by atoms with Gasteiger partial charge in [-0.15, -0.1) is 22.9 Å². The van der Waals surface area contributed by atoms with Crippen molar-refractivity contribution < 1.29 is 24.9 Å². The molecule has 1 heterocycles. The molecule has 0 spiro atoms. The van der Waals surface area contributed by atoms with Gasteiger partial charge in [-0.2, -0.15) is 0 Å². The lowest BCUT2D eigenvalue weighted by molar-refractivity contribution is 0.0606. The number of esters is 1. The Morgan fingerprint density at radius 2 is 2.10 bits per heavy atom. The number of aliphatic hydroxyl groups excluding tert-OH is 3. The zero-order valence-electron chi connectivity index (χ0n) is 17.2. The Balaban J connectivity index is 1.84. The van der Waals surface area contributed by atoms with Gasteiger partial charge in [0, 0.05) is 16.2 Å². The van der Waals surface area contributed by atoms with E-state index in [2.05, 4.69) is 0 Å². The molecule has 1 fully saturated rings. The average Bonchev–Trinajstić information content (AvgIpc) is 3.24. The van der Waals surface area contributed by atoms with Crippen molar-refractivity contribution in [3.63, 3.8) is 0 Å². The highest BCUT2D eigenvalue weighted by atomic mass is 35.5. The Morgan fingerprint density at radius 3 is 2.79 bits per heavy atom. The van der Waals surface area contributed by atoms with Gasteiger partial charge in [0.2, 0.25) is 0 Å². The smallest absolute Gasteiger partial charge is 0.348 e. The predicted molar refractivity (Wildman–Crippen MR) is 117 cm³/mol. The van der Waals surface area contributed by atoms with Gasteiger partial charge in [0.15, 0.2) is 0 Å². The molecule has 0 saturated heterocycles. The molecule has 6 atom stereocenters. The average molecular weight is 445 g/mol. The van der Waals surface area contributed by atoms with Crippen LogP contribution < -0.4 is 0 Å². The summed E-state index contributed by atoms with van der Waals surface area (Å²) in [7, 11) is 1.38. The summed E-state index contributed by atoms with van der Waals surface area (Å²) >= 11 is 7.96. The number of alkyl halides is 1. The summed E-state index contributed by atoms with van der Waals surface area (Å²) in [4.78, 5) is 13.3. The molecular formula is C22H33ClO5S. The third-order valence-electron chi connectivity index (χ3n) is 5.56. The van der Waals surface area contributed by atoms with Gasteiger partial charge in [0.25, 0.3) is 0 Å². The molecule has 3 N–H and O–H groups in total. The maximum absolute atomic E-state index is 11.6. The standard InChI is InChI=1S/C22H33ClO5S/c1-14(24)5-3-6-15(25)9-11-18-17(19(23)13-20(18)26)8-4-7-16-10-12-21(29-16)22(27)28-2/h9-12,14-15,17-20,24-26H,3-8,13H2,1-2H3/t14-,15+,17-,18+,19+,20-/m1/s1. The van der Waals surface area contributed by atoms with E-state index in [4.69, 9.17) is 16.3 Å². The SMILES string of the molecule is COC(=O)c1ccc(CCC[C@@H]2[C@H](C=C[C@@H](O)CCC[C@@H](C)O)[C@H](O)C[C@@H]2Cl)s1. The van der Waals surface area contributed by atoms with Crippen molar-refractivity contribution in [3.8, 4) is 0 Å². The Labute approximate surface area is 182 Å². The first-order valence-electron chi connectivity index (χ1n) is 10.4. The zero-order valence-corrected chi connectivity index (χ0v) is 18.7. The number of thiophene rings is 1. The van der Waals surface area contributed by atoms with E-state index in [0.29, 0.717) is 24.1 Å². The molecule has 7 heteroatoms. The molecule has 0 aliphatic heterocycles. The molecule has 5 nitrogen and oxygen atoms in total. The minimum atomic E-state index is -0.571. The normalized spacial score (nSPS) is 26.7. The summed E-state index contributed by atoms with van der Waals surface area (Å²) in [5.41, 5.74) is 0. The highest BCUT2D eigenvalue weighted by Gasteiger charge is 2.39. The van der Waals surface area contributed by atoms with E-state index in [9.17, 15) is 20.1 Å². The topological polar surface area (TPSA) is 87.0 Å². The van der Waals surface area contributed by atoms with E-state index in [1.54, 1.807) is 19.1 Å². The second kappa shape index (κ2) is 12.1. The van der Waals surface area contributed by atoms with Crippen LogP contribution in [0.25, 0.3) is 0 Å². The van der Waals surface area contributed by atoms with E-state index >= 15 is 0 Å². The predicted octanol–water partition coefficient (Wildman–Crippen LogP) is 3.93. The Bertz CT molecular complexity index is 659. The Morgan fingerprint density at radius 1 is 1.34 bits per heavy atom. The van der Waals surface area contributed by atoms with Gasteiger partial charge in [-0.3, -0.25) is 0 Å². The van der Waals surface area contributed by atoms with Gasteiger partial charge < -0.3 is 20.1 Å². The lowest BCUT2D eigenvalue weighted by atomic mass is 9.89. The van der Waals surface area contributed by atoms with Gasteiger partial charge >= 0.3 is 5.97 Å². The summed E-state index contributed by atoms with van der Waals surface area (Å²) in [5, 5.41) is 29.8. The third kappa shape index (κ3) is 7.68. The van der Waals surface area contributed by atoms with Crippen LogP contribution in [0, 0.1) is 11.8 Å². The van der Waals surface area contributed by atoms with Gasteiger partial charge in [0.1, 0.15) is 4.88 Å². The summed E-state index contributed by atoms with van der Waals surface area (Å²) in [6, 6.07) is 3.75.